The maximum Gasteiger partial charge on any atom is 0.170 e. The molecule has 2 aliphatic heterocycles. The van der Waals surface area contributed by atoms with Crippen molar-refractivity contribution in [2.45, 2.75) is 32.2 Å². The second kappa shape index (κ2) is 6.71. The van der Waals surface area contributed by atoms with Crippen molar-refractivity contribution in [1.82, 2.24) is 9.88 Å². The lowest BCUT2D eigenvalue weighted by atomic mass is 9.96. The van der Waals surface area contributed by atoms with Crippen LogP contribution in [0, 0.1) is 11.7 Å². The number of pyridine rings is 1. The summed E-state index contributed by atoms with van der Waals surface area (Å²) in [6.45, 7) is 5.76. The number of nitrogens with zero attached hydrogens (tertiary/aromatic N) is 3. The Morgan fingerprint density at radius 3 is 2.57 bits per heavy atom. The molecule has 0 aliphatic carbocycles. The molecule has 5 heteroatoms. The second-order valence-electron chi connectivity index (χ2n) is 6.25. The fourth-order valence-corrected chi connectivity index (χ4v) is 3.51. The van der Waals surface area contributed by atoms with E-state index < -0.39 is 0 Å². The van der Waals surface area contributed by atoms with E-state index in [0.29, 0.717) is 11.4 Å². The van der Waals surface area contributed by atoms with E-state index in [-0.39, 0.29) is 12.4 Å². The van der Waals surface area contributed by atoms with E-state index in [1.165, 1.54) is 32.5 Å². The molecule has 0 spiro atoms. The summed E-state index contributed by atoms with van der Waals surface area (Å²) in [5.41, 5.74) is 6.13. The van der Waals surface area contributed by atoms with E-state index in [1.807, 2.05) is 0 Å². The van der Waals surface area contributed by atoms with Gasteiger partial charge in [0.15, 0.2) is 11.6 Å². The maximum atomic E-state index is 14.3. The Kier molecular flexibility index (Phi) is 4.70. The number of hydrogen-bond acceptors (Lipinski definition) is 4. The zero-order valence-electron chi connectivity index (χ0n) is 12.6. The van der Waals surface area contributed by atoms with Crippen LogP contribution in [0.5, 0.6) is 0 Å². The molecule has 3 rings (SSSR count). The molecule has 4 nitrogen and oxygen atoms in total. The number of likely N-dealkylation sites (tertiary alicyclic amines) is 1. The predicted octanol–water partition coefficient (Wildman–Crippen LogP) is 1.99. The van der Waals surface area contributed by atoms with Gasteiger partial charge < -0.3 is 15.5 Å². The number of piperidine rings is 1. The highest BCUT2D eigenvalue weighted by Crippen LogP contribution is 2.26. The molecule has 0 aromatic carbocycles. The van der Waals surface area contributed by atoms with Crippen molar-refractivity contribution in [3.05, 3.63) is 23.6 Å². The van der Waals surface area contributed by atoms with Crippen LogP contribution in [0.25, 0.3) is 0 Å². The van der Waals surface area contributed by atoms with Gasteiger partial charge in [-0.1, -0.05) is 0 Å². The summed E-state index contributed by atoms with van der Waals surface area (Å²) < 4.78 is 14.3. The zero-order valence-corrected chi connectivity index (χ0v) is 12.6. The minimum absolute atomic E-state index is 0.229. The average molecular weight is 292 g/mol. The number of aromatic nitrogens is 1. The summed E-state index contributed by atoms with van der Waals surface area (Å²) in [5, 5.41) is 0. The third-order valence-electron chi connectivity index (χ3n) is 4.80. The van der Waals surface area contributed by atoms with E-state index in [0.717, 1.165) is 31.8 Å². The Bertz CT molecular complexity index is 465. The molecule has 1 aromatic rings. The standard InChI is InChI=1S/C16H25FN4/c17-15-14(11-18)3-6-19-16(15)21-9-4-13(5-10-21)12-20-7-1-2-8-20/h3,6,13H,1-2,4-5,7-12,18H2. The van der Waals surface area contributed by atoms with Crippen LogP contribution in [0.1, 0.15) is 31.2 Å². The Hall–Kier alpha value is -1.20. The highest BCUT2D eigenvalue weighted by atomic mass is 19.1. The van der Waals surface area contributed by atoms with Crippen LogP contribution in [0.3, 0.4) is 0 Å². The molecule has 2 N–H and O–H groups in total. The molecule has 2 aliphatic rings. The van der Waals surface area contributed by atoms with Gasteiger partial charge in [0.1, 0.15) is 0 Å². The molecule has 0 saturated carbocycles. The van der Waals surface area contributed by atoms with Crippen molar-refractivity contribution in [2.24, 2.45) is 11.7 Å². The Labute approximate surface area is 126 Å². The minimum atomic E-state index is -0.238. The fourth-order valence-electron chi connectivity index (χ4n) is 3.51. The van der Waals surface area contributed by atoms with E-state index in [9.17, 15) is 4.39 Å². The van der Waals surface area contributed by atoms with Gasteiger partial charge in [0.05, 0.1) is 0 Å². The second-order valence-corrected chi connectivity index (χ2v) is 6.25. The molecule has 21 heavy (non-hydrogen) atoms. The molecule has 2 fully saturated rings. The van der Waals surface area contributed by atoms with Gasteiger partial charge in [-0.25, -0.2) is 9.37 Å². The summed E-state index contributed by atoms with van der Waals surface area (Å²) in [5.74, 6) is 0.996. The zero-order chi connectivity index (χ0) is 14.7. The Morgan fingerprint density at radius 2 is 1.90 bits per heavy atom. The van der Waals surface area contributed by atoms with Gasteiger partial charge in [-0.15, -0.1) is 0 Å². The Balaban J connectivity index is 1.58. The summed E-state index contributed by atoms with van der Waals surface area (Å²) in [7, 11) is 0. The number of nitrogens with two attached hydrogens (primary N) is 1. The largest absolute Gasteiger partial charge is 0.354 e. The third-order valence-corrected chi connectivity index (χ3v) is 4.80. The van der Waals surface area contributed by atoms with Crippen molar-refractivity contribution in [1.29, 1.82) is 0 Å². The van der Waals surface area contributed by atoms with Crippen LogP contribution < -0.4 is 10.6 Å². The molecule has 0 amide bonds. The molecule has 0 bridgehead atoms. The number of hydrogen-bond donors (Lipinski definition) is 1. The monoisotopic (exact) mass is 292 g/mol. The van der Waals surface area contributed by atoms with Crippen molar-refractivity contribution < 1.29 is 4.39 Å². The first-order chi connectivity index (χ1) is 10.3. The first kappa shape index (κ1) is 14.7. The van der Waals surface area contributed by atoms with Crippen molar-refractivity contribution in [2.75, 3.05) is 37.6 Å². The summed E-state index contributed by atoms with van der Waals surface area (Å²) in [6, 6.07) is 1.67. The van der Waals surface area contributed by atoms with Crippen LogP contribution in [0.15, 0.2) is 12.3 Å². The van der Waals surface area contributed by atoms with Gasteiger partial charge in [-0.2, -0.15) is 0 Å². The summed E-state index contributed by atoms with van der Waals surface area (Å²) in [4.78, 5) is 8.88. The average Bonchev–Trinajstić information content (AvgIpc) is 3.01. The van der Waals surface area contributed by atoms with E-state index in [4.69, 9.17) is 5.73 Å². The van der Waals surface area contributed by atoms with E-state index >= 15 is 0 Å². The molecule has 0 unspecified atom stereocenters. The smallest absolute Gasteiger partial charge is 0.170 e. The quantitative estimate of drug-likeness (QED) is 0.922. The molecule has 0 atom stereocenters. The molecule has 3 heterocycles. The molecule has 1 aromatic heterocycles. The highest BCUT2D eigenvalue weighted by molar-refractivity contribution is 5.43. The lowest BCUT2D eigenvalue weighted by Gasteiger charge is -2.34. The summed E-state index contributed by atoms with van der Waals surface area (Å²) in [6.07, 6.45) is 6.62. The van der Waals surface area contributed by atoms with Crippen LogP contribution in [-0.4, -0.2) is 42.6 Å². The number of rotatable bonds is 4. The topological polar surface area (TPSA) is 45.4 Å². The number of anilines is 1. The predicted molar refractivity (Wildman–Crippen MR) is 82.7 cm³/mol. The van der Waals surface area contributed by atoms with Gasteiger partial charge in [0.2, 0.25) is 0 Å². The van der Waals surface area contributed by atoms with E-state index in [1.54, 1.807) is 12.3 Å². The lowest BCUT2D eigenvalue weighted by Crippen LogP contribution is -2.39. The van der Waals surface area contributed by atoms with Gasteiger partial charge in [-0.05, 0) is 50.8 Å². The van der Waals surface area contributed by atoms with Crippen LogP contribution in [0.4, 0.5) is 10.2 Å². The van der Waals surface area contributed by atoms with Crippen LogP contribution in [-0.2, 0) is 6.54 Å². The SMILES string of the molecule is NCc1ccnc(N2CCC(CN3CCCC3)CC2)c1F. The third kappa shape index (κ3) is 3.35. The van der Waals surface area contributed by atoms with Gasteiger partial charge in [-0.3, -0.25) is 0 Å². The molecule has 116 valence electrons. The maximum absolute atomic E-state index is 14.3. The van der Waals surface area contributed by atoms with Crippen molar-refractivity contribution in [3.8, 4) is 0 Å². The number of halogens is 1. The van der Waals surface area contributed by atoms with Gasteiger partial charge in [0, 0.05) is 37.9 Å². The van der Waals surface area contributed by atoms with Gasteiger partial charge >= 0.3 is 0 Å². The minimum Gasteiger partial charge on any atom is -0.354 e. The molecular weight excluding hydrogens is 267 g/mol. The van der Waals surface area contributed by atoms with Crippen molar-refractivity contribution in [3.63, 3.8) is 0 Å². The lowest BCUT2D eigenvalue weighted by molar-refractivity contribution is 0.249. The molecular formula is C16H25FN4. The molecule has 0 radical (unpaired) electrons. The Morgan fingerprint density at radius 1 is 1.19 bits per heavy atom. The van der Waals surface area contributed by atoms with Gasteiger partial charge in [0.25, 0.3) is 0 Å². The highest BCUT2D eigenvalue weighted by Gasteiger charge is 2.25. The van der Waals surface area contributed by atoms with Crippen molar-refractivity contribution >= 4 is 5.82 Å². The fraction of sp³-hybridized carbons (Fsp3) is 0.688. The molecule has 2 saturated heterocycles. The first-order valence-electron chi connectivity index (χ1n) is 8.08. The first-order valence-corrected chi connectivity index (χ1v) is 8.08. The van der Waals surface area contributed by atoms with Crippen LogP contribution in [0.2, 0.25) is 0 Å². The van der Waals surface area contributed by atoms with E-state index in [2.05, 4.69) is 14.8 Å². The summed E-state index contributed by atoms with van der Waals surface area (Å²) >= 11 is 0. The normalized spacial score (nSPS) is 21.1. The van der Waals surface area contributed by atoms with Crippen LogP contribution >= 0.6 is 0 Å².